The minimum absolute atomic E-state index is 1.74. The van der Waals surface area contributed by atoms with Crippen molar-refractivity contribution < 1.29 is 110 Å². The van der Waals surface area contributed by atoms with E-state index in [4.69, 9.17) is 0 Å². The van der Waals surface area contributed by atoms with E-state index in [0.29, 0.717) is 0 Å². The summed E-state index contributed by atoms with van der Waals surface area (Å²) in [6.45, 7) is 0. The Balaban J connectivity index is 3.97. The molecule has 0 aliphatic heterocycles. The molecule has 38 heavy (non-hydrogen) atoms. The van der Waals surface area contributed by atoms with Crippen LogP contribution in [-0.4, -0.2) is 72.1 Å². The predicted octanol–water partition coefficient (Wildman–Crippen LogP) is 7.58. The summed E-state index contributed by atoms with van der Waals surface area (Å²) in [5.74, 6) is -22.4. The van der Waals surface area contributed by atoms with E-state index in [-0.39, 0.29) is 0 Å². The highest BCUT2D eigenvalue weighted by Gasteiger charge is 2.93. The van der Waals surface area contributed by atoms with E-state index >= 15 is 0 Å². The van der Waals surface area contributed by atoms with E-state index in [0.717, 1.165) is 0 Å². The molecule has 25 heteroatoms. The Morgan fingerprint density at radius 1 is 0.447 bits per heavy atom. The first kappa shape index (κ1) is 34.3. The third-order valence-corrected chi connectivity index (χ3v) is 4.77. The third kappa shape index (κ3) is 4.47. The SMILES string of the molecule is FC(F)(F)C(OC1CC(F)(OC(C(F)(F)F)(C(F)(F)F)C(F)(F)F)C(F)(F)C1(F)F)(C(F)(F)F)C(F)(F)F. The molecule has 228 valence electrons. The van der Waals surface area contributed by atoms with Gasteiger partial charge in [-0.15, -0.1) is 0 Å². The lowest BCUT2D eigenvalue weighted by Gasteiger charge is -2.42. The number of ether oxygens (including phenoxy) is 2. The number of alkyl halides is 23. The topological polar surface area (TPSA) is 18.5 Å². The van der Waals surface area contributed by atoms with Crippen LogP contribution in [0, 0.1) is 0 Å². The van der Waals surface area contributed by atoms with Gasteiger partial charge in [-0.3, -0.25) is 0 Å². The summed E-state index contributed by atoms with van der Waals surface area (Å²) in [6.07, 6.45) is -58.6. The van der Waals surface area contributed by atoms with Crippen LogP contribution in [0.1, 0.15) is 6.42 Å². The van der Waals surface area contributed by atoms with Crippen LogP contribution in [0.4, 0.5) is 101 Å². The zero-order chi connectivity index (χ0) is 31.2. The standard InChI is InChI=1S/C13H3F23O2/c14-3(38-6(11(28,29)30,12(31,32)33)13(34,35)36)1-2(4(15,16)7(3,17)18)37-5(8(19,20)21,9(22,23)24)10(25,26)27/h2H,1H2. The van der Waals surface area contributed by atoms with E-state index in [1.165, 1.54) is 0 Å². The molecule has 1 rings (SSSR count). The molecule has 0 saturated heterocycles. The first-order valence-electron chi connectivity index (χ1n) is 8.25. The first-order valence-corrected chi connectivity index (χ1v) is 8.25. The summed E-state index contributed by atoms with van der Waals surface area (Å²) in [6, 6.07) is 0. The summed E-state index contributed by atoms with van der Waals surface area (Å²) in [5, 5.41) is 0. The highest BCUT2D eigenvalue weighted by molar-refractivity contribution is 5.16. The number of hydrogen-bond acceptors (Lipinski definition) is 2. The number of hydrogen-bond donors (Lipinski definition) is 0. The Kier molecular flexibility index (Phi) is 7.60. The van der Waals surface area contributed by atoms with Crippen molar-refractivity contribution in [2.75, 3.05) is 0 Å². The quantitative estimate of drug-likeness (QED) is 0.299. The molecule has 2 unspecified atom stereocenters. The summed E-state index contributed by atoms with van der Waals surface area (Å²) in [7, 11) is 0. The molecular formula is C13H3F23O2. The van der Waals surface area contributed by atoms with Gasteiger partial charge in [0.15, 0.2) is 0 Å². The molecule has 1 saturated carbocycles. The van der Waals surface area contributed by atoms with E-state index < -0.39 is 78.5 Å². The maximum Gasteiger partial charge on any atom is 0.435 e. The highest BCUT2D eigenvalue weighted by Crippen LogP contribution is 2.65. The summed E-state index contributed by atoms with van der Waals surface area (Å²) >= 11 is 0. The molecule has 0 aromatic carbocycles. The number of halogens is 23. The molecule has 2 nitrogen and oxygen atoms in total. The van der Waals surface area contributed by atoms with Crippen molar-refractivity contribution in [2.24, 2.45) is 0 Å². The molecule has 0 amide bonds. The normalized spacial score (nSPS) is 26.1. The van der Waals surface area contributed by atoms with E-state index in [9.17, 15) is 101 Å². The van der Waals surface area contributed by atoms with Gasteiger partial charge in [0.2, 0.25) is 0 Å². The Morgan fingerprint density at radius 3 is 0.947 bits per heavy atom. The lowest BCUT2D eigenvalue weighted by molar-refractivity contribution is -0.499. The van der Waals surface area contributed by atoms with Crippen LogP contribution in [0.25, 0.3) is 0 Å². The minimum Gasteiger partial charge on any atom is -0.341 e. The molecule has 0 N–H and O–H groups in total. The van der Waals surface area contributed by atoms with Gasteiger partial charge in [0.05, 0.1) is 0 Å². The lowest BCUT2D eigenvalue weighted by atomic mass is 10.00. The van der Waals surface area contributed by atoms with Crippen LogP contribution in [0.2, 0.25) is 0 Å². The molecule has 0 radical (unpaired) electrons. The van der Waals surface area contributed by atoms with Crippen LogP contribution in [0.3, 0.4) is 0 Å². The number of rotatable bonds is 4. The van der Waals surface area contributed by atoms with Gasteiger partial charge in [-0.25, -0.2) is 4.39 Å². The molecule has 0 bridgehead atoms. The first-order chi connectivity index (χ1) is 16.0. The largest absolute Gasteiger partial charge is 0.435 e. The maximum atomic E-state index is 14.5. The second-order valence-corrected chi connectivity index (χ2v) is 7.19. The predicted molar refractivity (Wildman–Crippen MR) is 66.1 cm³/mol. The second-order valence-electron chi connectivity index (χ2n) is 7.19. The summed E-state index contributed by atoms with van der Waals surface area (Å²) < 4.78 is 305. The van der Waals surface area contributed by atoms with Crippen LogP contribution >= 0.6 is 0 Å². The summed E-state index contributed by atoms with van der Waals surface area (Å²) in [5.41, 5.74) is -16.2. The molecule has 0 heterocycles. The molecule has 2 atom stereocenters. The fourth-order valence-corrected chi connectivity index (χ4v) is 2.96. The van der Waals surface area contributed by atoms with Crippen molar-refractivity contribution >= 4 is 0 Å². The Morgan fingerprint density at radius 2 is 0.711 bits per heavy atom. The van der Waals surface area contributed by atoms with Crippen LogP contribution < -0.4 is 0 Å². The molecule has 1 aliphatic rings. The molecule has 1 fully saturated rings. The van der Waals surface area contributed by atoms with Crippen LogP contribution in [0.15, 0.2) is 0 Å². The van der Waals surface area contributed by atoms with E-state index in [1.807, 2.05) is 4.74 Å². The lowest BCUT2D eigenvalue weighted by Crippen LogP contribution is -2.71. The zero-order valence-corrected chi connectivity index (χ0v) is 16.3. The molecule has 0 aromatic rings. The maximum absolute atomic E-state index is 14.5. The molecular weight excluding hydrogens is 625 g/mol. The molecule has 1 aliphatic carbocycles. The van der Waals surface area contributed by atoms with Gasteiger partial charge in [0.1, 0.15) is 6.10 Å². The van der Waals surface area contributed by atoms with E-state index in [1.54, 1.807) is 4.74 Å². The van der Waals surface area contributed by atoms with Gasteiger partial charge in [0, 0.05) is 6.42 Å². The van der Waals surface area contributed by atoms with Crippen LogP contribution in [-0.2, 0) is 9.47 Å². The minimum atomic E-state index is -8.23. The summed E-state index contributed by atoms with van der Waals surface area (Å²) in [4.78, 5) is 0. The Bertz CT molecular complexity index is 793. The average molecular weight is 628 g/mol. The fraction of sp³-hybridized carbons (Fsp3) is 1.00. The third-order valence-electron chi connectivity index (χ3n) is 4.77. The van der Waals surface area contributed by atoms with Gasteiger partial charge in [-0.05, 0) is 0 Å². The monoisotopic (exact) mass is 628 g/mol. The van der Waals surface area contributed by atoms with Crippen LogP contribution in [0.5, 0.6) is 0 Å². The van der Waals surface area contributed by atoms with Gasteiger partial charge >= 0.3 is 60.1 Å². The highest BCUT2D eigenvalue weighted by atomic mass is 19.4. The zero-order valence-electron chi connectivity index (χ0n) is 16.3. The van der Waals surface area contributed by atoms with E-state index in [2.05, 4.69) is 0 Å². The van der Waals surface area contributed by atoms with Gasteiger partial charge in [-0.1, -0.05) is 0 Å². The molecule has 0 spiro atoms. The van der Waals surface area contributed by atoms with Crippen molar-refractivity contribution in [1.29, 1.82) is 0 Å². The van der Waals surface area contributed by atoms with Crippen molar-refractivity contribution in [2.45, 2.75) is 78.5 Å². The van der Waals surface area contributed by atoms with Gasteiger partial charge in [-0.2, -0.15) is 96.6 Å². The van der Waals surface area contributed by atoms with Crippen molar-refractivity contribution in [1.82, 2.24) is 0 Å². The Labute approximate surface area is 190 Å². The average Bonchev–Trinajstić information content (AvgIpc) is 2.67. The smallest absolute Gasteiger partial charge is 0.341 e. The second kappa shape index (κ2) is 8.41. The molecule has 0 aromatic heterocycles. The van der Waals surface area contributed by atoms with Gasteiger partial charge < -0.3 is 9.47 Å². The van der Waals surface area contributed by atoms with Crippen molar-refractivity contribution in [3.63, 3.8) is 0 Å². The van der Waals surface area contributed by atoms with Crippen molar-refractivity contribution in [3.05, 3.63) is 0 Å². The Hall–Kier alpha value is -1.69. The fourth-order valence-electron chi connectivity index (χ4n) is 2.96. The van der Waals surface area contributed by atoms with Crippen molar-refractivity contribution in [3.8, 4) is 0 Å². The van der Waals surface area contributed by atoms with Gasteiger partial charge in [0.25, 0.3) is 5.85 Å².